The molecular formula is C22H24ClNO5. The van der Waals surface area contributed by atoms with Crippen molar-refractivity contribution in [1.82, 2.24) is 4.57 Å². The minimum Gasteiger partial charge on any atom is -0.493 e. The Balaban J connectivity index is 1.62. The lowest BCUT2D eigenvalue weighted by molar-refractivity contribution is -0.136. The average molecular weight is 418 g/mol. The van der Waals surface area contributed by atoms with Gasteiger partial charge in [0.2, 0.25) is 5.78 Å². The predicted octanol–water partition coefficient (Wildman–Crippen LogP) is 4.55. The number of carbonyl (C=O) groups excluding carboxylic acids is 2. The van der Waals surface area contributed by atoms with Crippen LogP contribution in [0.3, 0.4) is 0 Å². The van der Waals surface area contributed by atoms with Crippen LogP contribution < -0.4 is 9.47 Å². The Bertz CT molecular complexity index is 972. The minimum absolute atomic E-state index is 0.207. The molecule has 0 spiro atoms. The summed E-state index contributed by atoms with van der Waals surface area (Å²) in [5.74, 6) is 0.0543. The van der Waals surface area contributed by atoms with Crippen LogP contribution in [0.15, 0.2) is 24.3 Å². The summed E-state index contributed by atoms with van der Waals surface area (Å²) in [4.78, 5) is 24.5. The molecule has 0 radical (unpaired) electrons. The molecule has 2 aromatic rings. The Kier molecular flexibility index (Phi) is 6.33. The first kappa shape index (κ1) is 21.0. The highest BCUT2D eigenvalue weighted by Crippen LogP contribution is 2.38. The zero-order chi connectivity index (χ0) is 21.1. The van der Waals surface area contributed by atoms with Crippen molar-refractivity contribution in [2.45, 2.75) is 32.7 Å². The van der Waals surface area contributed by atoms with Gasteiger partial charge in [-0.15, -0.1) is 0 Å². The van der Waals surface area contributed by atoms with Crippen LogP contribution >= 0.6 is 11.6 Å². The number of hydrogen-bond acceptors (Lipinski definition) is 5. The normalized spacial score (nSPS) is 13.6. The molecule has 1 aromatic carbocycles. The molecule has 1 fully saturated rings. The van der Waals surface area contributed by atoms with E-state index in [9.17, 15) is 9.59 Å². The molecule has 1 aromatic heterocycles. The molecule has 1 aliphatic rings. The summed E-state index contributed by atoms with van der Waals surface area (Å²) in [5.41, 5.74) is 3.24. The van der Waals surface area contributed by atoms with Crippen molar-refractivity contribution >= 4 is 29.4 Å². The summed E-state index contributed by atoms with van der Waals surface area (Å²) in [5, 5.41) is 0.362. The Labute approximate surface area is 175 Å². The van der Waals surface area contributed by atoms with E-state index < -0.39 is 5.97 Å². The van der Waals surface area contributed by atoms with E-state index in [2.05, 4.69) is 4.57 Å². The van der Waals surface area contributed by atoms with Gasteiger partial charge in [-0.2, -0.15) is 0 Å². The van der Waals surface area contributed by atoms with E-state index in [0.717, 1.165) is 24.2 Å². The van der Waals surface area contributed by atoms with Crippen LogP contribution in [0.5, 0.6) is 11.5 Å². The second-order valence-electron chi connectivity index (χ2n) is 6.99. The largest absolute Gasteiger partial charge is 0.493 e. The first-order chi connectivity index (χ1) is 13.8. The van der Waals surface area contributed by atoms with E-state index >= 15 is 0 Å². The number of rotatable bonds is 8. The van der Waals surface area contributed by atoms with Crippen molar-refractivity contribution < 1.29 is 23.8 Å². The topological polar surface area (TPSA) is 66.8 Å². The van der Waals surface area contributed by atoms with Crippen molar-refractivity contribution in [2.24, 2.45) is 0 Å². The molecule has 3 rings (SSSR count). The number of nitrogens with zero attached hydrogens (tertiary/aromatic N) is 1. The fraction of sp³-hybridized carbons (Fsp3) is 0.364. The SMILES string of the molecule is COc1cc(/C=C/C(=O)OCC(=O)c2cc(C)n(C3CC3)c2C)cc(Cl)c1OC. The number of aromatic nitrogens is 1. The number of methoxy groups -OCH3 is 2. The summed E-state index contributed by atoms with van der Waals surface area (Å²) in [6.07, 6.45) is 5.08. The Morgan fingerprint density at radius 1 is 1.17 bits per heavy atom. The van der Waals surface area contributed by atoms with Crippen LogP contribution in [0.2, 0.25) is 5.02 Å². The second-order valence-corrected chi connectivity index (χ2v) is 7.40. The van der Waals surface area contributed by atoms with Crippen LogP contribution in [0, 0.1) is 13.8 Å². The fourth-order valence-corrected chi connectivity index (χ4v) is 3.71. The lowest BCUT2D eigenvalue weighted by atomic mass is 10.1. The van der Waals surface area contributed by atoms with Gasteiger partial charge in [0.15, 0.2) is 18.1 Å². The molecule has 0 amide bonds. The molecule has 29 heavy (non-hydrogen) atoms. The fourth-order valence-electron chi connectivity index (χ4n) is 3.41. The Morgan fingerprint density at radius 3 is 2.52 bits per heavy atom. The molecule has 0 aliphatic heterocycles. The number of halogens is 1. The molecular weight excluding hydrogens is 394 g/mol. The zero-order valence-electron chi connectivity index (χ0n) is 17.0. The molecule has 0 bridgehead atoms. The maximum absolute atomic E-state index is 12.5. The van der Waals surface area contributed by atoms with Gasteiger partial charge in [0.25, 0.3) is 0 Å². The highest BCUT2D eigenvalue weighted by Gasteiger charge is 2.28. The highest BCUT2D eigenvalue weighted by molar-refractivity contribution is 6.32. The van der Waals surface area contributed by atoms with E-state index in [1.807, 2.05) is 19.9 Å². The highest BCUT2D eigenvalue weighted by atomic mass is 35.5. The number of carbonyl (C=O) groups is 2. The lowest BCUT2D eigenvalue weighted by Crippen LogP contribution is -2.13. The third kappa shape index (κ3) is 4.65. The number of ether oxygens (including phenoxy) is 3. The molecule has 1 aliphatic carbocycles. The maximum Gasteiger partial charge on any atom is 0.331 e. The third-order valence-corrected chi connectivity index (χ3v) is 5.19. The molecule has 7 heteroatoms. The zero-order valence-corrected chi connectivity index (χ0v) is 17.7. The Morgan fingerprint density at radius 2 is 1.90 bits per heavy atom. The summed E-state index contributed by atoms with van der Waals surface area (Å²) in [6, 6.07) is 5.69. The van der Waals surface area contributed by atoms with E-state index in [-0.39, 0.29) is 12.4 Å². The summed E-state index contributed by atoms with van der Waals surface area (Å²) in [7, 11) is 3.00. The first-order valence-electron chi connectivity index (χ1n) is 9.33. The third-order valence-electron chi connectivity index (χ3n) is 4.91. The van der Waals surface area contributed by atoms with Gasteiger partial charge in [0.1, 0.15) is 0 Å². The van der Waals surface area contributed by atoms with Crippen molar-refractivity contribution in [3.8, 4) is 11.5 Å². The molecule has 0 unspecified atom stereocenters. The van der Waals surface area contributed by atoms with Gasteiger partial charge >= 0.3 is 5.97 Å². The molecule has 0 N–H and O–H groups in total. The molecule has 1 saturated carbocycles. The molecule has 1 heterocycles. The number of ketones is 1. The van der Waals surface area contributed by atoms with Crippen LogP contribution in [0.1, 0.15) is 46.2 Å². The number of aryl methyl sites for hydroxylation is 1. The van der Waals surface area contributed by atoms with Gasteiger partial charge in [-0.05, 0) is 56.5 Å². The maximum atomic E-state index is 12.5. The van der Waals surface area contributed by atoms with Gasteiger partial charge in [0, 0.05) is 29.1 Å². The van der Waals surface area contributed by atoms with Crippen LogP contribution in [0.25, 0.3) is 6.08 Å². The second kappa shape index (κ2) is 8.74. The van der Waals surface area contributed by atoms with Gasteiger partial charge in [-0.3, -0.25) is 4.79 Å². The Hall–Kier alpha value is -2.73. The van der Waals surface area contributed by atoms with E-state index in [1.54, 1.807) is 18.2 Å². The molecule has 0 atom stereocenters. The quantitative estimate of drug-likeness (QED) is 0.358. The number of Topliss-reactive ketones (excluding diaryl/α,β-unsaturated/α-hetero) is 1. The van der Waals surface area contributed by atoms with E-state index in [1.165, 1.54) is 20.3 Å². The van der Waals surface area contributed by atoms with Crippen molar-refractivity contribution in [3.05, 3.63) is 51.8 Å². The van der Waals surface area contributed by atoms with Gasteiger partial charge in [-0.25, -0.2) is 4.79 Å². The van der Waals surface area contributed by atoms with E-state index in [4.69, 9.17) is 25.8 Å². The minimum atomic E-state index is -0.611. The van der Waals surface area contributed by atoms with Gasteiger partial charge in [0.05, 0.1) is 19.2 Å². The number of benzene rings is 1. The molecule has 0 saturated heterocycles. The van der Waals surface area contributed by atoms with Crippen molar-refractivity contribution in [3.63, 3.8) is 0 Å². The van der Waals surface area contributed by atoms with Crippen LogP contribution in [0.4, 0.5) is 0 Å². The predicted molar refractivity (Wildman–Crippen MR) is 111 cm³/mol. The van der Waals surface area contributed by atoms with Crippen LogP contribution in [-0.2, 0) is 9.53 Å². The summed E-state index contributed by atoms with van der Waals surface area (Å²) >= 11 is 6.15. The monoisotopic (exact) mass is 417 g/mol. The van der Waals surface area contributed by atoms with Crippen molar-refractivity contribution in [1.29, 1.82) is 0 Å². The number of hydrogen-bond donors (Lipinski definition) is 0. The summed E-state index contributed by atoms with van der Waals surface area (Å²) in [6.45, 7) is 3.62. The van der Waals surface area contributed by atoms with Crippen LogP contribution in [-0.4, -0.2) is 37.1 Å². The van der Waals surface area contributed by atoms with Gasteiger partial charge < -0.3 is 18.8 Å². The van der Waals surface area contributed by atoms with Crippen molar-refractivity contribution in [2.75, 3.05) is 20.8 Å². The lowest BCUT2D eigenvalue weighted by Gasteiger charge is -2.10. The molecule has 154 valence electrons. The first-order valence-corrected chi connectivity index (χ1v) is 9.71. The van der Waals surface area contributed by atoms with Gasteiger partial charge in [-0.1, -0.05) is 11.6 Å². The number of esters is 1. The standard InChI is InChI=1S/C22H24ClNO5/c1-13-9-17(14(2)24(13)16-6-7-16)19(25)12-29-21(26)8-5-15-10-18(23)22(28-4)20(11-15)27-3/h5,8-11,16H,6-7,12H2,1-4H3/b8-5+. The van der Waals surface area contributed by atoms with E-state index in [0.29, 0.717) is 33.7 Å². The smallest absolute Gasteiger partial charge is 0.331 e. The molecule has 6 nitrogen and oxygen atoms in total. The average Bonchev–Trinajstić information content (AvgIpc) is 3.48. The summed E-state index contributed by atoms with van der Waals surface area (Å²) < 4.78 is 17.7.